The van der Waals surface area contributed by atoms with E-state index in [1.807, 2.05) is 19.3 Å². The van der Waals surface area contributed by atoms with Crippen molar-refractivity contribution in [3.63, 3.8) is 0 Å². The minimum absolute atomic E-state index is 0.705. The number of aromatic nitrogens is 6. The van der Waals surface area contributed by atoms with Gasteiger partial charge in [-0.25, -0.2) is 4.68 Å². The second kappa shape index (κ2) is 7.98. The molecule has 2 rings (SSSR count). The first-order valence-electron chi connectivity index (χ1n) is 6.36. The average molecular weight is 297 g/mol. The second-order valence-corrected chi connectivity index (χ2v) is 5.14. The number of hydrogen-bond donors (Lipinski definition) is 1. The molecule has 0 saturated carbocycles. The number of methoxy groups -OCH3 is 1. The maximum Gasteiger partial charge on any atom is 0.209 e. The number of ether oxygens (including phenoxy) is 1. The molecule has 1 N–H and O–H groups in total. The van der Waals surface area contributed by atoms with Gasteiger partial charge in [-0.2, -0.15) is 5.10 Å². The molecule has 9 heteroatoms. The van der Waals surface area contributed by atoms with Crippen molar-refractivity contribution >= 4 is 11.8 Å². The van der Waals surface area contributed by atoms with Crippen LogP contribution in [0.3, 0.4) is 0 Å². The molecule has 20 heavy (non-hydrogen) atoms. The van der Waals surface area contributed by atoms with Crippen LogP contribution in [0.4, 0.5) is 0 Å². The molecular weight excluding hydrogens is 278 g/mol. The lowest BCUT2D eigenvalue weighted by molar-refractivity contribution is 0.199. The molecule has 0 atom stereocenters. The van der Waals surface area contributed by atoms with Crippen LogP contribution in [0.5, 0.6) is 0 Å². The first-order chi connectivity index (χ1) is 9.79. The van der Waals surface area contributed by atoms with Gasteiger partial charge in [0.2, 0.25) is 5.16 Å². The SMILES string of the molecule is COCCNCCn1nnnc1SCc1ccn(C)n1. The van der Waals surface area contributed by atoms with E-state index in [0.717, 1.165) is 36.2 Å². The van der Waals surface area contributed by atoms with Crippen molar-refractivity contribution in [1.29, 1.82) is 0 Å². The third-order valence-corrected chi connectivity index (χ3v) is 3.59. The van der Waals surface area contributed by atoms with E-state index in [1.165, 1.54) is 0 Å². The van der Waals surface area contributed by atoms with Crippen molar-refractivity contribution in [2.45, 2.75) is 17.5 Å². The van der Waals surface area contributed by atoms with Crippen molar-refractivity contribution < 1.29 is 4.74 Å². The van der Waals surface area contributed by atoms with E-state index in [-0.39, 0.29) is 0 Å². The van der Waals surface area contributed by atoms with Gasteiger partial charge in [0.15, 0.2) is 0 Å². The van der Waals surface area contributed by atoms with Crippen LogP contribution < -0.4 is 5.32 Å². The molecule has 0 aliphatic rings. The molecule has 0 unspecified atom stereocenters. The van der Waals surface area contributed by atoms with Gasteiger partial charge < -0.3 is 10.1 Å². The number of rotatable bonds is 9. The number of nitrogens with zero attached hydrogens (tertiary/aromatic N) is 6. The highest BCUT2D eigenvalue weighted by molar-refractivity contribution is 7.98. The summed E-state index contributed by atoms with van der Waals surface area (Å²) in [4.78, 5) is 0. The van der Waals surface area contributed by atoms with Gasteiger partial charge in [0.25, 0.3) is 0 Å². The molecule has 0 bridgehead atoms. The van der Waals surface area contributed by atoms with Crippen LogP contribution in [0, 0.1) is 0 Å². The maximum absolute atomic E-state index is 4.97. The van der Waals surface area contributed by atoms with Gasteiger partial charge in [0.1, 0.15) is 0 Å². The number of nitrogens with one attached hydrogen (secondary N) is 1. The van der Waals surface area contributed by atoms with E-state index in [0.29, 0.717) is 6.61 Å². The first kappa shape index (κ1) is 14.9. The largest absolute Gasteiger partial charge is 0.383 e. The zero-order valence-corrected chi connectivity index (χ0v) is 12.5. The minimum atomic E-state index is 0.705. The third-order valence-electron chi connectivity index (χ3n) is 2.60. The van der Waals surface area contributed by atoms with E-state index < -0.39 is 0 Å². The summed E-state index contributed by atoms with van der Waals surface area (Å²) in [5, 5.41) is 20.1. The maximum atomic E-state index is 4.97. The molecule has 0 radical (unpaired) electrons. The molecule has 0 aromatic carbocycles. The van der Waals surface area contributed by atoms with Crippen LogP contribution >= 0.6 is 11.8 Å². The topological polar surface area (TPSA) is 82.7 Å². The Morgan fingerprint density at radius 2 is 2.30 bits per heavy atom. The average Bonchev–Trinajstić information content (AvgIpc) is 3.05. The highest BCUT2D eigenvalue weighted by atomic mass is 32.2. The quantitative estimate of drug-likeness (QED) is 0.512. The molecule has 2 aromatic heterocycles. The summed E-state index contributed by atoms with van der Waals surface area (Å²) >= 11 is 1.59. The Labute approximate surface area is 121 Å². The number of tetrazole rings is 1. The molecule has 0 saturated heterocycles. The minimum Gasteiger partial charge on any atom is -0.383 e. The summed E-state index contributed by atoms with van der Waals surface area (Å²) in [7, 11) is 3.60. The van der Waals surface area contributed by atoms with Crippen LogP contribution in [0.1, 0.15) is 5.69 Å². The lowest BCUT2D eigenvalue weighted by atomic mass is 10.5. The number of hydrogen-bond acceptors (Lipinski definition) is 7. The normalized spacial score (nSPS) is 11.1. The summed E-state index contributed by atoms with van der Waals surface area (Å²) < 4.78 is 8.56. The Bertz CT molecular complexity index is 512. The van der Waals surface area contributed by atoms with Gasteiger partial charge >= 0.3 is 0 Å². The van der Waals surface area contributed by atoms with Crippen molar-refractivity contribution in [3.05, 3.63) is 18.0 Å². The van der Waals surface area contributed by atoms with Gasteiger partial charge in [-0.3, -0.25) is 4.68 Å². The Balaban J connectivity index is 1.76. The van der Waals surface area contributed by atoms with Crippen LogP contribution in [-0.4, -0.2) is 56.8 Å². The van der Waals surface area contributed by atoms with E-state index in [9.17, 15) is 0 Å². The summed E-state index contributed by atoms with van der Waals surface area (Å²) in [5.41, 5.74) is 1.02. The highest BCUT2D eigenvalue weighted by Gasteiger charge is 2.07. The number of aryl methyl sites for hydroxylation is 1. The van der Waals surface area contributed by atoms with E-state index in [1.54, 1.807) is 28.2 Å². The van der Waals surface area contributed by atoms with Crippen molar-refractivity contribution in [3.8, 4) is 0 Å². The van der Waals surface area contributed by atoms with Gasteiger partial charge in [-0.05, 0) is 16.5 Å². The number of thioether (sulfide) groups is 1. The molecule has 0 aliphatic carbocycles. The van der Waals surface area contributed by atoms with Gasteiger partial charge in [0.05, 0.1) is 18.8 Å². The van der Waals surface area contributed by atoms with Crippen molar-refractivity contribution in [2.24, 2.45) is 7.05 Å². The molecule has 0 amide bonds. The zero-order valence-electron chi connectivity index (χ0n) is 11.7. The van der Waals surface area contributed by atoms with Gasteiger partial charge in [-0.15, -0.1) is 5.10 Å². The van der Waals surface area contributed by atoms with Crippen LogP contribution in [0.25, 0.3) is 0 Å². The Kier molecular flexibility index (Phi) is 5.96. The smallest absolute Gasteiger partial charge is 0.209 e. The second-order valence-electron chi connectivity index (χ2n) is 4.20. The highest BCUT2D eigenvalue weighted by Crippen LogP contribution is 2.18. The molecule has 0 fully saturated rings. The van der Waals surface area contributed by atoms with Crippen LogP contribution in [0.2, 0.25) is 0 Å². The van der Waals surface area contributed by atoms with E-state index >= 15 is 0 Å². The first-order valence-corrected chi connectivity index (χ1v) is 7.35. The van der Waals surface area contributed by atoms with Gasteiger partial charge in [-0.1, -0.05) is 11.8 Å². The predicted molar refractivity (Wildman–Crippen MR) is 75.3 cm³/mol. The van der Waals surface area contributed by atoms with Crippen molar-refractivity contribution in [2.75, 3.05) is 26.8 Å². The van der Waals surface area contributed by atoms with Crippen LogP contribution in [-0.2, 0) is 24.1 Å². The third kappa shape index (κ3) is 4.58. The molecular formula is C11H19N7OS. The molecule has 2 aromatic rings. The monoisotopic (exact) mass is 297 g/mol. The molecule has 8 nitrogen and oxygen atoms in total. The summed E-state index contributed by atoms with van der Waals surface area (Å²) in [5.74, 6) is 0.762. The predicted octanol–water partition coefficient (Wildman–Crippen LogP) is -0.0651. The fourth-order valence-electron chi connectivity index (χ4n) is 1.60. The zero-order chi connectivity index (χ0) is 14.2. The van der Waals surface area contributed by atoms with Gasteiger partial charge in [0, 0.05) is 39.2 Å². The summed E-state index contributed by atoms with van der Waals surface area (Å²) in [6.45, 7) is 3.08. The standard InChI is InChI=1S/C11H19N7OS/c1-17-6-3-10(14-17)9-20-11-13-15-16-18(11)7-4-12-5-8-19-2/h3,6,12H,4-5,7-9H2,1-2H3. The molecule has 0 spiro atoms. The molecule has 0 aliphatic heterocycles. The van der Waals surface area contributed by atoms with Crippen molar-refractivity contribution in [1.82, 2.24) is 35.3 Å². The Morgan fingerprint density at radius 3 is 3.05 bits per heavy atom. The fraction of sp³-hybridized carbons (Fsp3) is 0.636. The van der Waals surface area contributed by atoms with E-state index in [4.69, 9.17) is 4.74 Å². The molecule has 110 valence electrons. The lowest BCUT2D eigenvalue weighted by Gasteiger charge is -2.05. The van der Waals surface area contributed by atoms with Crippen LogP contribution in [0.15, 0.2) is 17.4 Å². The molecule has 2 heterocycles. The Hall–Kier alpha value is -1.45. The Morgan fingerprint density at radius 1 is 1.40 bits per heavy atom. The summed E-state index contributed by atoms with van der Waals surface area (Å²) in [6.07, 6.45) is 1.93. The summed E-state index contributed by atoms with van der Waals surface area (Å²) in [6, 6.07) is 1.99. The fourth-order valence-corrected chi connectivity index (χ4v) is 2.41. The van der Waals surface area contributed by atoms with E-state index in [2.05, 4.69) is 25.9 Å². The lowest BCUT2D eigenvalue weighted by Crippen LogP contribution is -2.24.